The van der Waals surface area contributed by atoms with Crippen molar-refractivity contribution < 1.29 is 0 Å². The van der Waals surface area contributed by atoms with Crippen molar-refractivity contribution in [1.82, 2.24) is 4.31 Å². The standard InChI is InChI=1S/C10H21NS/c1-4-7-8-10-11(9-5-2)12-6-3/h4,7H,5-6,8-10H2,1-3H3/b7-4+. The van der Waals surface area contributed by atoms with E-state index in [2.05, 4.69) is 37.2 Å². The predicted molar refractivity (Wildman–Crippen MR) is 59.4 cm³/mol. The summed E-state index contributed by atoms with van der Waals surface area (Å²) in [7, 11) is 0. The molecule has 0 spiro atoms. The lowest BCUT2D eigenvalue weighted by molar-refractivity contribution is 0.477. The maximum absolute atomic E-state index is 2.46. The molecular weight excluding hydrogens is 166 g/mol. The minimum atomic E-state index is 1.18. The van der Waals surface area contributed by atoms with Gasteiger partial charge in [-0.25, -0.2) is 0 Å². The molecule has 0 saturated heterocycles. The van der Waals surface area contributed by atoms with Crippen LogP contribution >= 0.6 is 11.9 Å². The average molecular weight is 187 g/mol. The van der Waals surface area contributed by atoms with Gasteiger partial charge in [0.25, 0.3) is 0 Å². The van der Waals surface area contributed by atoms with Crippen LogP contribution in [0.25, 0.3) is 0 Å². The minimum absolute atomic E-state index is 1.18. The van der Waals surface area contributed by atoms with Crippen LogP contribution in [0.4, 0.5) is 0 Å². The lowest BCUT2D eigenvalue weighted by Gasteiger charge is -2.18. The van der Waals surface area contributed by atoms with E-state index in [1.165, 1.54) is 31.7 Å². The van der Waals surface area contributed by atoms with Crippen molar-refractivity contribution in [2.75, 3.05) is 18.8 Å². The third kappa shape index (κ3) is 6.74. The molecule has 2 heteroatoms. The van der Waals surface area contributed by atoms with Crippen molar-refractivity contribution in [1.29, 1.82) is 0 Å². The third-order valence-corrected chi connectivity index (χ3v) is 2.55. The van der Waals surface area contributed by atoms with Crippen LogP contribution in [-0.2, 0) is 0 Å². The fourth-order valence-electron chi connectivity index (χ4n) is 1.06. The normalized spacial score (nSPS) is 11.7. The molecule has 0 fully saturated rings. The first-order valence-electron chi connectivity index (χ1n) is 4.84. The van der Waals surface area contributed by atoms with E-state index in [1.807, 2.05) is 11.9 Å². The van der Waals surface area contributed by atoms with Gasteiger partial charge in [0.05, 0.1) is 0 Å². The summed E-state index contributed by atoms with van der Waals surface area (Å²) < 4.78 is 2.46. The van der Waals surface area contributed by atoms with Gasteiger partial charge in [-0.1, -0.05) is 37.9 Å². The molecule has 0 aliphatic carbocycles. The number of hydrogen-bond acceptors (Lipinski definition) is 2. The van der Waals surface area contributed by atoms with Crippen LogP contribution in [0.1, 0.15) is 33.6 Å². The Bertz CT molecular complexity index is 106. The van der Waals surface area contributed by atoms with E-state index in [-0.39, 0.29) is 0 Å². The molecule has 0 unspecified atom stereocenters. The fraction of sp³-hybridized carbons (Fsp3) is 0.800. The Hall–Kier alpha value is 0.0500. The van der Waals surface area contributed by atoms with Gasteiger partial charge in [0, 0.05) is 18.8 Å². The third-order valence-electron chi connectivity index (χ3n) is 1.57. The van der Waals surface area contributed by atoms with Gasteiger partial charge in [-0.05, 0) is 19.8 Å². The quantitative estimate of drug-likeness (QED) is 0.444. The van der Waals surface area contributed by atoms with Gasteiger partial charge in [-0.2, -0.15) is 0 Å². The van der Waals surface area contributed by atoms with Gasteiger partial charge in [0.1, 0.15) is 0 Å². The van der Waals surface area contributed by atoms with Crippen LogP contribution in [-0.4, -0.2) is 23.1 Å². The summed E-state index contributed by atoms with van der Waals surface area (Å²) in [6.07, 6.45) is 6.80. The Morgan fingerprint density at radius 2 is 2.00 bits per heavy atom. The molecule has 0 aliphatic rings. The van der Waals surface area contributed by atoms with Crippen LogP contribution in [0.3, 0.4) is 0 Å². The summed E-state index contributed by atoms with van der Waals surface area (Å²) >= 11 is 1.95. The Labute approximate surface area is 81.4 Å². The summed E-state index contributed by atoms with van der Waals surface area (Å²) in [4.78, 5) is 0. The van der Waals surface area contributed by atoms with E-state index in [0.717, 1.165) is 0 Å². The van der Waals surface area contributed by atoms with Crippen molar-refractivity contribution >= 4 is 11.9 Å². The maximum atomic E-state index is 2.46. The van der Waals surface area contributed by atoms with Crippen molar-refractivity contribution in [3.05, 3.63) is 12.2 Å². The van der Waals surface area contributed by atoms with E-state index in [1.54, 1.807) is 0 Å². The first-order valence-corrected chi connectivity index (χ1v) is 5.78. The Kier molecular flexibility index (Phi) is 9.18. The van der Waals surface area contributed by atoms with Crippen molar-refractivity contribution in [3.63, 3.8) is 0 Å². The first kappa shape index (κ1) is 12.0. The van der Waals surface area contributed by atoms with Gasteiger partial charge >= 0.3 is 0 Å². The summed E-state index contributed by atoms with van der Waals surface area (Å²) in [6.45, 7) is 8.94. The van der Waals surface area contributed by atoms with Gasteiger partial charge in [-0.3, -0.25) is 4.31 Å². The number of allylic oxidation sites excluding steroid dienone is 1. The highest BCUT2D eigenvalue weighted by molar-refractivity contribution is 7.96. The Morgan fingerprint density at radius 3 is 2.50 bits per heavy atom. The highest BCUT2D eigenvalue weighted by atomic mass is 32.2. The summed E-state index contributed by atoms with van der Waals surface area (Å²) in [6, 6.07) is 0. The lowest BCUT2D eigenvalue weighted by Crippen LogP contribution is -2.17. The SMILES string of the molecule is C/C=C/CCN(CCC)SCC. The molecule has 0 saturated carbocycles. The second-order valence-corrected chi connectivity index (χ2v) is 4.06. The zero-order valence-corrected chi connectivity index (χ0v) is 9.36. The van der Waals surface area contributed by atoms with Gasteiger partial charge < -0.3 is 0 Å². The predicted octanol–water partition coefficient (Wildman–Crippen LogP) is 3.33. The van der Waals surface area contributed by atoms with E-state index in [0.29, 0.717) is 0 Å². The molecule has 0 aliphatic heterocycles. The zero-order chi connectivity index (χ0) is 9.23. The molecule has 0 amide bonds. The molecule has 0 atom stereocenters. The van der Waals surface area contributed by atoms with Crippen LogP contribution in [0.2, 0.25) is 0 Å². The molecule has 0 aromatic rings. The van der Waals surface area contributed by atoms with Gasteiger partial charge in [-0.15, -0.1) is 0 Å². The molecular formula is C10H21NS. The largest absolute Gasteiger partial charge is 0.250 e. The van der Waals surface area contributed by atoms with Gasteiger partial charge in [0.15, 0.2) is 0 Å². The van der Waals surface area contributed by atoms with Gasteiger partial charge in [0.2, 0.25) is 0 Å². The number of rotatable bonds is 7. The maximum Gasteiger partial charge on any atom is 0.0124 e. The topological polar surface area (TPSA) is 3.24 Å². The summed E-state index contributed by atoms with van der Waals surface area (Å²) in [5, 5.41) is 0. The molecule has 0 rings (SSSR count). The van der Waals surface area contributed by atoms with Crippen LogP contribution < -0.4 is 0 Å². The second kappa shape index (κ2) is 9.14. The monoisotopic (exact) mass is 187 g/mol. The Balaban J connectivity index is 3.47. The number of hydrogen-bond donors (Lipinski definition) is 0. The summed E-state index contributed by atoms with van der Waals surface area (Å²) in [5.41, 5.74) is 0. The molecule has 0 N–H and O–H groups in total. The minimum Gasteiger partial charge on any atom is -0.250 e. The smallest absolute Gasteiger partial charge is 0.0124 e. The zero-order valence-electron chi connectivity index (χ0n) is 8.55. The molecule has 72 valence electrons. The van der Waals surface area contributed by atoms with E-state index in [9.17, 15) is 0 Å². The fourth-order valence-corrected chi connectivity index (χ4v) is 1.97. The van der Waals surface area contributed by atoms with Crippen molar-refractivity contribution in [3.8, 4) is 0 Å². The molecule has 0 radical (unpaired) electrons. The van der Waals surface area contributed by atoms with Crippen molar-refractivity contribution in [2.45, 2.75) is 33.6 Å². The first-order chi connectivity index (χ1) is 5.85. The summed E-state index contributed by atoms with van der Waals surface area (Å²) in [5.74, 6) is 1.19. The molecule has 0 aromatic heterocycles. The highest BCUT2D eigenvalue weighted by Gasteiger charge is 2.00. The van der Waals surface area contributed by atoms with E-state index >= 15 is 0 Å². The second-order valence-electron chi connectivity index (χ2n) is 2.70. The van der Waals surface area contributed by atoms with E-state index in [4.69, 9.17) is 0 Å². The van der Waals surface area contributed by atoms with Crippen LogP contribution in [0.5, 0.6) is 0 Å². The number of nitrogens with zero attached hydrogens (tertiary/aromatic N) is 1. The molecule has 0 aromatic carbocycles. The average Bonchev–Trinajstić information content (AvgIpc) is 2.06. The Morgan fingerprint density at radius 1 is 1.25 bits per heavy atom. The lowest BCUT2D eigenvalue weighted by atomic mass is 10.3. The molecule has 0 bridgehead atoms. The molecule has 12 heavy (non-hydrogen) atoms. The van der Waals surface area contributed by atoms with Crippen molar-refractivity contribution in [2.24, 2.45) is 0 Å². The van der Waals surface area contributed by atoms with E-state index < -0.39 is 0 Å². The van der Waals surface area contributed by atoms with Crippen LogP contribution in [0, 0.1) is 0 Å². The molecule has 1 nitrogen and oxygen atoms in total. The van der Waals surface area contributed by atoms with Crippen LogP contribution in [0.15, 0.2) is 12.2 Å². The highest BCUT2D eigenvalue weighted by Crippen LogP contribution is 2.10. The molecule has 0 heterocycles.